The van der Waals surface area contributed by atoms with E-state index in [-0.39, 0.29) is 0 Å². The molecule has 2 nitrogen and oxygen atoms in total. The van der Waals surface area contributed by atoms with E-state index in [0.717, 1.165) is 18.1 Å². The molecule has 0 radical (unpaired) electrons. The fourth-order valence-electron chi connectivity index (χ4n) is 2.21. The second-order valence-electron chi connectivity index (χ2n) is 4.63. The molecule has 0 saturated heterocycles. The summed E-state index contributed by atoms with van der Waals surface area (Å²) in [5.41, 5.74) is 0.348. The van der Waals surface area contributed by atoms with Crippen molar-refractivity contribution in [3.05, 3.63) is 23.7 Å². The summed E-state index contributed by atoms with van der Waals surface area (Å²) in [7, 11) is 0. The third kappa shape index (κ3) is 2.18. The molecule has 1 aliphatic rings. The van der Waals surface area contributed by atoms with E-state index in [0.29, 0.717) is 5.54 Å². The maximum absolute atomic E-state index is 5.53. The molecule has 0 aromatic carbocycles. The van der Waals surface area contributed by atoms with E-state index in [2.05, 4.69) is 18.3 Å². The van der Waals surface area contributed by atoms with Crippen molar-refractivity contribution in [3.8, 4) is 0 Å². The first-order valence-corrected chi connectivity index (χ1v) is 5.48. The van der Waals surface area contributed by atoms with Crippen LogP contribution >= 0.6 is 0 Å². The Hall–Kier alpha value is -0.760. The van der Waals surface area contributed by atoms with Gasteiger partial charge in [-0.1, -0.05) is 12.8 Å². The highest BCUT2D eigenvalue weighted by Gasteiger charge is 2.27. The minimum Gasteiger partial charge on any atom is -0.465 e. The minimum atomic E-state index is 0.348. The zero-order chi connectivity index (χ0) is 10.0. The Balaban J connectivity index is 1.87. The van der Waals surface area contributed by atoms with Crippen LogP contribution in [0.2, 0.25) is 0 Å². The van der Waals surface area contributed by atoms with E-state index >= 15 is 0 Å². The SMILES string of the molecule is Cc1ccc(CNC2(C)CCCC2)o1. The monoisotopic (exact) mass is 193 g/mol. The number of aryl methyl sites for hydroxylation is 1. The van der Waals surface area contributed by atoms with Gasteiger partial charge in [0.05, 0.1) is 6.54 Å². The number of rotatable bonds is 3. The van der Waals surface area contributed by atoms with Crippen molar-refractivity contribution in [2.75, 3.05) is 0 Å². The van der Waals surface area contributed by atoms with Crippen LogP contribution in [-0.2, 0) is 6.54 Å². The smallest absolute Gasteiger partial charge is 0.117 e. The Morgan fingerprint density at radius 2 is 2.07 bits per heavy atom. The maximum Gasteiger partial charge on any atom is 0.117 e. The highest BCUT2D eigenvalue weighted by Crippen LogP contribution is 2.29. The van der Waals surface area contributed by atoms with Gasteiger partial charge in [0.1, 0.15) is 11.5 Å². The molecule has 0 amide bonds. The fraction of sp³-hybridized carbons (Fsp3) is 0.667. The highest BCUT2D eigenvalue weighted by atomic mass is 16.3. The van der Waals surface area contributed by atoms with Gasteiger partial charge in [-0.15, -0.1) is 0 Å². The zero-order valence-corrected chi connectivity index (χ0v) is 9.10. The van der Waals surface area contributed by atoms with Crippen molar-refractivity contribution in [1.82, 2.24) is 5.32 Å². The molecule has 0 aliphatic heterocycles. The van der Waals surface area contributed by atoms with Gasteiger partial charge in [-0.2, -0.15) is 0 Å². The fourth-order valence-corrected chi connectivity index (χ4v) is 2.21. The lowest BCUT2D eigenvalue weighted by molar-refractivity contribution is 0.339. The Kier molecular flexibility index (Phi) is 2.64. The molecular formula is C12H19NO. The van der Waals surface area contributed by atoms with Crippen LogP contribution in [0.5, 0.6) is 0 Å². The van der Waals surface area contributed by atoms with Gasteiger partial charge in [0.15, 0.2) is 0 Å². The van der Waals surface area contributed by atoms with Crippen LogP contribution < -0.4 is 5.32 Å². The van der Waals surface area contributed by atoms with Crippen LogP contribution in [-0.4, -0.2) is 5.54 Å². The van der Waals surface area contributed by atoms with Crippen LogP contribution in [0.4, 0.5) is 0 Å². The van der Waals surface area contributed by atoms with Gasteiger partial charge in [0.25, 0.3) is 0 Å². The largest absolute Gasteiger partial charge is 0.465 e. The van der Waals surface area contributed by atoms with Crippen molar-refractivity contribution in [2.45, 2.75) is 51.6 Å². The van der Waals surface area contributed by atoms with Crippen LogP contribution in [0, 0.1) is 6.92 Å². The van der Waals surface area contributed by atoms with E-state index in [1.807, 2.05) is 13.0 Å². The molecular weight excluding hydrogens is 174 g/mol. The zero-order valence-electron chi connectivity index (χ0n) is 9.10. The normalized spacial score (nSPS) is 20.1. The first-order chi connectivity index (χ1) is 6.68. The van der Waals surface area contributed by atoms with E-state index in [4.69, 9.17) is 4.42 Å². The highest BCUT2D eigenvalue weighted by molar-refractivity contribution is 5.06. The molecule has 78 valence electrons. The topological polar surface area (TPSA) is 25.2 Å². The Bertz CT molecular complexity index is 297. The molecule has 0 atom stereocenters. The Labute approximate surface area is 85.7 Å². The van der Waals surface area contributed by atoms with Gasteiger partial charge in [0.2, 0.25) is 0 Å². The standard InChI is InChI=1S/C12H19NO/c1-10-5-6-11(14-10)9-13-12(2)7-3-4-8-12/h5-6,13H,3-4,7-9H2,1-2H3. The second-order valence-corrected chi connectivity index (χ2v) is 4.63. The van der Waals surface area contributed by atoms with Gasteiger partial charge >= 0.3 is 0 Å². The summed E-state index contributed by atoms with van der Waals surface area (Å²) < 4.78 is 5.53. The molecule has 1 aromatic rings. The molecule has 1 aromatic heterocycles. The number of furan rings is 1. The van der Waals surface area contributed by atoms with Crippen molar-refractivity contribution >= 4 is 0 Å². The summed E-state index contributed by atoms with van der Waals surface area (Å²) in [4.78, 5) is 0. The molecule has 1 N–H and O–H groups in total. The number of hydrogen-bond acceptors (Lipinski definition) is 2. The van der Waals surface area contributed by atoms with Crippen molar-refractivity contribution < 1.29 is 4.42 Å². The lowest BCUT2D eigenvalue weighted by atomic mass is 10.0. The van der Waals surface area contributed by atoms with Gasteiger partial charge in [-0.05, 0) is 38.8 Å². The van der Waals surface area contributed by atoms with Gasteiger partial charge < -0.3 is 9.73 Å². The first-order valence-electron chi connectivity index (χ1n) is 5.48. The second kappa shape index (κ2) is 3.77. The summed E-state index contributed by atoms with van der Waals surface area (Å²) in [6, 6.07) is 4.08. The maximum atomic E-state index is 5.53. The first kappa shape index (κ1) is 9.78. The van der Waals surface area contributed by atoms with Crippen LogP contribution in [0.3, 0.4) is 0 Å². The molecule has 0 unspecified atom stereocenters. The van der Waals surface area contributed by atoms with Gasteiger partial charge in [-0.3, -0.25) is 0 Å². The molecule has 2 heteroatoms. The molecule has 1 saturated carbocycles. The number of hydrogen-bond donors (Lipinski definition) is 1. The summed E-state index contributed by atoms with van der Waals surface area (Å²) in [5.74, 6) is 2.05. The average molecular weight is 193 g/mol. The van der Waals surface area contributed by atoms with E-state index in [1.54, 1.807) is 0 Å². The van der Waals surface area contributed by atoms with Crippen LogP contribution in [0.1, 0.15) is 44.1 Å². The average Bonchev–Trinajstić information content (AvgIpc) is 2.73. The summed E-state index contributed by atoms with van der Waals surface area (Å²) in [5, 5.41) is 3.59. The molecule has 0 bridgehead atoms. The molecule has 1 aliphatic carbocycles. The molecule has 2 rings (SSSR count). The molecule has 0 spiro atoms. The van der Waals surface area contributed by atoms with Crippen molar-refractivity contribution in [1.29, 1.82) is 0 Å². The number of nitrogens with one attached hydrogen (secondary N) is 1. The van der Waals surface area contributed by atoms with Crippen molar-refractivity contribution in [3.63, 3.8) is 0 Å². The summed E-state index contributed by atoms with van der Waals surface area (Å²) >= 11 is 0. The third-order valence-corrected chi connectivity index (χ3v) is 3.19. The molecule has 1 heterocycles. The predicted molar refractivity (Wildman–Crippen MR) is 57.2 cm³/mol. The molecule has 1 fully saturated rings. The Morgan fingerprint density at radius 3 is 2.64 bits per heavy atom. The summed E-state index contributed by atoms with van der Waals surface area (Å²) in [6.07, 6.45) is 5.32. The minimum absolute atomic E-state index is 0.348. The third-order valence-electron chi connectivity index (χ3n) is 3.19. The predicted octanol–water partition coefficient (Wildman–Crippen LogP) is 3.01. The van der Waals surface area contributed by atoms with Gasteiger partial charge in [-0.25, -0.2) is 0 Å². The lowest BCUT2D eigenvalue weighted by Gasteiger charge is -2.24. The van der Waals surface area contributed by atoms with E-state index in [9.17, 15) is 0 Å². The Morgan fingerprint density at radius 1 is 1.36 bits per heavy atom. The van der Waals surface area contributed by atoms with Crippen molar-refractivity contribution in [2.24, 2.45) is 0 Å². The van der Waals surface area contributed by atoms with E-state index in [1.165, 1.54) is 25.7 Å². The van der Waals surface area contributed by atoms with E-state index < -0.39 is 0 Å². The quantitative estimate of drug-likeness (QED) is 0.798. The summed E-state index contributed by atoms with van der Waals surface area (Å²) in [6.45, 7) is 5.17. The van der Waals surface area contributed by atoms with Gasteiger partial charge in [0, 0.05) is 5.54 Å². The van der Waals surface area contributed by atoms with Crippen LogP contribution in [0.25, 0.3) is 0 Å². The molecule has 14 heavy (non-hydrogen) atoms. The van der Waals surface area contributed by atoms with Crippen LogP contribution in [0.15, 0.2) is 16.5 Å². The lowest BCUT2D eigenvalue weighted by Crippen LogP contribution is -2.38.